The number of nitrogens with zero attached hydrogens (tertiary/aromatic N) is 1. The van der Waals surface area contributed by atoms with Gasteiger partial charge in [0.25, 0.3) is 0 Å². The lowest BCUT2D eigenvalue weighted by Crippen LogP contribution is -2.41. The first-order valence-electron chi connectivity index (χ1n) is 7.78. The van der Waals surface area contributed by atoms with Crippen molar-refractivity contribution < 1.29 is 13.2 Å². The number of nitrogens with one attached hydrogen (secondary N) is 1. The van der Waals surface area contributed by atoms with E-state index in [0.29, 0.717) is 17.5 Å². The Kier molecular flexibility index (Phi) is 5.46. The summed E-state index contributed by atoms with van der Waals surface area (Å²) >= 11 is 0. The maximum absolute atomic E-state index is 12.3. The van der Waals surface area contributed by atoms with Gasteiger partial charge in [-0.15, -0.1) is 0 Å². The van der Waals surface area contributed by atoms with Gasteiger partial charge in [0.15, 0.2) is 0 Å². The first kappa shape index (κ1) is 17.5. The van der Waals surface area contributed by atoms with Gasteiger partial charge in [0.1, 0.15) is 0 Å². The third kappa shape index (κ3) is 5.71. The van der Waals surface area contributed by atoms with Gasteiger partial charge in [0.05, 0.1) is 6.26 Å². The second-order valence-corrected chi connectivity index (χ2v) is 8.27. The van der Waals surface area contributed by atoms with Gasteiger partial charge in [-0.25, -0.2) is 8.42 Å². The van der Waals surface area contributed by atoms with Gasteiger partial charge in [-0.05, 0) is 42.0 Å². The fourth-order valence-electron chi connectivity index (χ4n) is 2.99. The number of piperidine rings is 1. The highest BCUT2D eigenvalue weighted by atomic mass is 32.2. The Hall–Kier alpha value is -1.82. The van der Waals surface area contributed by atoms with Crippen molar-refractivity contribution in [2.24, 2.45) is 11.8 Å². The van der Waals surface area contributed by atoms with Crippen molar-refractivity contribution in [3.8, 4) is 0 Å². The summed E-state index contributed by atoms with van der Waals surface area (Å²) in [6, 6.07) is 6.91. The van der Waals surface area contributed by atoms with Crippen LogP contribution in [0.1, 0.15) is 25.8 Å². The summed E-state index contributed by atoms with van der Waals surface area (Å²) < 4.78 is 24.7. The van der Waals surface area contributed by atoms with Crippen LogP contribution in [0, 0.1) is 11.8 Å². The molecule has 1 aromatic rings. The molecule has 1 aliphatic heterocycles. The van der Waals surface area contributed by atoms with Crippen molar-refractivity contribution in [3.05, 3.63) is 35.9 Å². The molecule has 1 N–H and O–H groups in total. The summed E-state index contributed by atoms with van der Waals surface area (Å²) in [5.74, 6) is 1.11. The van der Waals surface area contributed by atoms with Crippen molar-refractivity contribution in [3.63, 3.8) is 0 Å². The second kappa shape index (κ2) is 7.17. The molecule has 0 saturated carbocycles. The van der Waals surface area contributed by atoms with E-state index in [1.165, 1.54) is 6.42 Å². The molecule has 1 fully saturated rings. The molecule has 1 aliphatic rings. The monoisotopic (exact) mass is 336 g/mol. The maximum Gasteiger partial charge on any atom is 0.246 e. The zero-order chi connectivity index (χ0) is 17.0. The lowest BCUT2D eigenvalue weighted by Gasteiger charge is -2.34. The summed E-state index contributed by atoms with van der Waals surface area (Å²) in [5, 5.41) is 0. The van der Waals surface area contributed by atoms with E-state index in [0.717, 1.165) is 24.9 Å². The van der Waals surface area contributed by atoms with E-state index in [-0.39, 0.29) is 5.91 Å². The van der Waals surface area contributed by atoms with Crippen LogP contribution in [-0.2, 0) is 14.8 Å². The van der Waals surface area contributed by atoms with Crippen LogP contribution in [0.3, 0.4) is 0 Å². The number of hydrogen-bond donors (Lipinski definition) is 1. The molecular weight excluding hydrogens is 312 g/mol. The summed E-state index contributed by atoms with van der Waals surface area (Å²) in [4.78, 5) is 14.2. The molecule has 5 nitrogen and oxygen atoms in total. The highest BCUT2D eigenvalue weighted by Gasteiger charge is 2.23. The Labute approximate surface area is 138 Å². The fourth-order valence-corrected chi connectivity index (χ4v) is 3.56. The lowest BCUT2D eigenvalue weighted by molar-refractivity contribution is -0.128. The van der Waals surface area contributed by atoms with Gasteiger partial charge >= 0.3 is 0 Å². The molecule has 6 heteroatoms. The van der Waals surface area contributed by atoms with Gasteiger partial charge in [-0.3, -0.25) is 9.52 Å². The van der Waals surface area contributed by atoms with E-state index in [2.05, 4.69) is 18.6 Å². The number of amides is 1. The van der Waals surface area contributed by atoms with Gasteiger partial charge < -0.3 is 4.90 Å². The van der Waals surface area contributed by atoms with E-state index in [4.69, 9.17) is 0 Å². The largest absolute Gasteiger partial charge is 0.339 e. The van der Waals surface area contributed by atoms with Gasteiger partial charge in [0, 0.05) is 24.9 Å². The molecule has 0 radical (unpaired) electrons. The number of rotatable bonds is 4. The highest BCUT2D eigenvalue weighted by molar-refractivity contribution is 7.92. The molecule has 1 amide bonds. The number of sulfonamides is 1. The number of carbonyl (C=O) groups is 1. The zero-order valence-electron chi connectivity index (χ0n) is 13.8. The SMILES string of the molecule is CC1CC(C)CN(C(=O)/C=C/c2ccc(NS(C)(=O)=O)cc2)C1. The second-order valence-electron chi connectivity index (χ2n) is 6.52. The highest BCUT2D eigenvalue weighted by Crippen LogP contribution is 2.21. The van der Waals surface area contributed by atoms with Crippen molar-refractivity contribution in [2.45, 2.75) is 20.3 Å². The molecule has 2 unspecified atom stereocenters. The number of benzene rings is 1. The topological polar surface area (TPSA) is 66.5 Å². The molecule has 0 spiro atoms. The number of likely N-dealkylation sites (tertiary alicyclic amines) is 1. The number of carbonyl (C=O) groups excluding carboxylic acids is 1. The molecule has 0 aromatic heterocycles. The summed E-state index contributed by atoms with van der Waals surface area (Å²) in [6.45, 7) is 5.97. The van der Waals surface area contributed by atoms with Crippen LogP contribution in [0.5, 0.6) is 0 Å². The minimum atomic E-state index is -3.27. The average Bonchev–Trinajstić information content (AvgIpc) is 2.43. The predicted octanol–water partition coefficient (Wildman–Crippen LogP) is 2.58. The van der Waals surface area contributed by atoms with Crippen LogP contribution in [-0.4, -0.2) is 38.6 Å². The van der Waals surface area contributed by atoms with Gasteiger partial charge in [-0.2, -0.15) is 0 Å². The first-order chi connectivity index (χ1) is 10.7. The fraction of sp³-hybridized carbons (Fsp3) is 0.471. The van der Waals surface area contributed by atoms with Crippen LogP contribution in [0.15, 0.2) is 30.3 Å². The molecule has 0 aliphatic carbocycles. The molecule has 2 rings (SSSR count). The van der Waals surface area contributed by atoms with Crippen LogP contribution in [0.2, 0.25) is 0 Å². The molecular formula is C17H24N2O3S. The molecule has 1 saturated heterocycles. The summed E-state index contributed by atoms with van der Waals surface area (Å²) in [6.07, 6.45) is 5.63. The Morgan fingerprint density at radius 1 is 1.17 bits per heavy atom. The molecule has 2 atom stereocenters. The summed E-state index contributed by atoms with van der Waals surface area (Å²) in [7, 11) is -3.27. The molecule has 1 aromatic carbocycles. The van der Waals surface area contributed by atoms with Crippen molar-refractivity contribution in [2.75, 3.05) is 24.1 Å². The molecule has 126 valence electrons. The van der Waals surface area contributed by atoms with E-state index < -0.39 is 10.0 Å². The van der Waals surface area contributed by atoms with E-state index in [1.54, 1.807) is 36.4 Å². The minimum Gasteiger partial charge on any atom is -0.339 e. The van der Waals surface area contributed by atoms with Crippen molar-refractivity contribution >= 4 is 27.7 Å². The third-order valence-corrected chi connectivity index (χ3v) is 4.42. The normalized spacial score (nSPS) is 22.3. The van der Waals surface area contributed by atoms with Crippen molar-refractivity contribution in [1.82, 2.24) is 4.90 Å². The lowest BCUT2D eigenvalue weighted by atomic mass is 9.92. The standard InChI is InChI=1S/C17H24N2O3S/c1-13-10-14(2)12-19(11-13)17(20)9-6-15-4-7-16(8-5-15)18-23(3,21)22/h4-9,13-14,18H,10-12H2,1-3H3/b9-6+. The van der Waals surface area contributed by atoms with Crippen molar-refractivity contribution in [1.29, 1.82) is 0 Å². The van der Waals surface area contributed by atoms with Crippen LogP contribution >= 0.6 is 0 Å². The van der Waals surface area contributed by atoms with Crippen LogP contribution in [0.25, 0.3) is 6.08 Å². The van der Waals surface area contributed by atoms with Crippen LogP contribution < -0.4 is 4.72 Å². The Bertz CT molecular complexity index is 670. The molecule has 23 heavy (non-hydrogen) atoms. The number of hydrogen-bond acceptors (Lipinski definition) is 3. The van der Waals surface area contributed by atoms with E-state index in [1.807, 2.05) is 4.90 Å². The maximum atomic E-state index is 12.3. The average molecular weight is 336 g/mol. The van der Waals surface area contributed by atoms with Gasteiger partial charge in [-0.1, -0.05) is 26.0 Å². The zero-order valence-corrected chi connectivity index (χ0v) is 14.6. The van der Waals surface area contributed by atoms with E-state index >= 15 is 0 Å². The quantitative estimate of drug-likeness (QED) is 0.860. The molecule has 0 bridgehead atoms. The third-order valence-electron chi connectivity index (χ3n) is 3.81. The van der Waals surface area contributed by atoms with E-state index in [9.17, 15) is 13.2 Å². The number of anilines is 1. The molecule has 1 heterocycles. The Morgan fingerprint density at radius 3 is 2.26 bits per heavy atom. The predicted molar refractivity (Wildman–Crippen MR) is 93.5 cm³/mol. The first-order valence-corrected chi connectivity index (χ1v) is 9.67. The Morgan fingerprint density at radius 2 is 1.74 bits per heavy atom. The summed E-state index contributed by atoms with van der Waals surface area (Å²) in [5.41, 5.74) is 1.37. The van der Waals surface area contributed by atoms with Gasteiger partial charge in [0.2, 0.25) is 15.9 Å². The Balaban J connectivity index is 1.98. The minimum absolute atomic E-state index is 0.0294. The smallest absolute Gasteiger partial charge is 0.246 e. The van der Waals surface area contributed by atoms with Crippen LogP contribution in [0.4, 0.5) is 5.69 Å².